The number of benzene rings is 3. The normalized spacial score (nSPS) is 15.1. The van der Waals surface area contributed by atoms with Gasteiger partial charge in [0.1, 0.15) is 22.9 Å². The molecule has 6 heteroatoms. The Morgan fingerprint density at radius 3 is 2.44 bits per heavy atom. The molecule has 5 rings (SSSR count). The van der Waals surface area contributed by atoms with Gasteiger partial charge in [-0.05, 0) is 41.8 Å². The van der Waals surface area contributed by atoms with Crippen LogP contribution in [0.25, 0.3) is 11.3 Å². The van der Waals surface area contributed by atoms with Crippen molar-refractivity contribution >= 4 is 5.91 Å². The van der Waals surface area contributed by atoms with Gasteiger partial charge in [-0.1, -0.05) is 54.6 Å². The van der Waals surface area contributed by atoms with Crippen molar-refractivity contribution in [3.63, 3.8) is 0 Å². The largest absolute Gasteiger partial charge is 0.507 e. The maximum Gasteiger partial charge on any atom is 0.273 e. The molecule has 0 saturated heterocycles. The first-order valence-electron chi connectivity index (χ1n) is 10.5. The van der Waals surface area contributed by atoms with Crippen LogP contribution in [-0.4, -0.2) is 39.8 Å². The minimum absolute atomic E-state index is 0.0865. The minimum atomic E-state index is -0.287. The number of ether oxygens (including phenoxy) is 1. The van der Waals surface area contributed by atoms with E-state index in [1.165, 1.54) is 0 Å². The fourth-order valence-electron chi connectivity index (χ4n) is 4.33. The summed E-state index contributed by atoms with van der Waals surface area (Å²) >= 11 is 0. The van der Waals surface area contributed by atoms with Gasteiger partial charge < -0.3 is 14.7 Å². The monoisotopic (exact) mass is 425 g/mol. The van der Waals surface area contributed by atoms with E-state index in [0.29, 0.717) is 29.9 Å². The number of carbonyl (C=O) groups excluding carboxylic acids is 1. The van der Waals surface area contributed by atoms with Crippen molar-refractivity contribution in [2.75, 3.05) is 13.7 Å². The van der Waals surface area contributed by atoms with Crippen LogP contribution in [0.5, 0.6) is 11.5 Å². The zero-order valence-corrected chi connectivity index (χ0v) is 17.7. The van der Waals surface area contributed by atoms with Gasteiger partial charge in [-0.15, -0.1) is 0 Å². The number of hydrogen-bond acceptors (Lipinski definition) is 4. The summed E-state index contributed by atoms with van der Waals surface area (Å²) in [5.41, 5.74) is 4.62. The van der Waals surface area contributed by atoms with E-state index in [2.05, 4.69) is 10.2 Å². The summed E-state index contributed by atoms with van der Waals surface area (Å²) in [5, 5.41) is 17.8. The summed E-state index contributed by atoms with van der Waals surface area (Å²) in [7, 11) is 1.65. The number of amides is 1. The van der Waals surface area contributed by atoms with Gasteiger partial charge in [0.2, 0.25) is 0 Å². The van der Waals surface area contributed by atoms with Crippen LogP contribution in [0, 0.1) is 0 Å². The predicted molar refractivity (Wildman–Crippen MR) is 122 cm³/mol. The van der Waals surface area contributed by atoms with E-state index >= 15 is 0 Å². The Labute approximate surface area is 186 Å². The number of H-pyrrole nitrogens is 1. The van der Waals surface area contributed by atoms with Crippen molar-refractivity contribution in [3.8, 4) is 22.8 Å². The topological polar surface area (TPSA) is 78.5 Å². The van der Waals surface area contributed by atoms with E-state index in [0.717, 1.165) is 22.4 Å². The SMILES string of the molecule is COc1ccc(CCN2C(=O)c3[nH]nc(-c4ccccc4O)c3C2c2ccccc2)cc1. The predicted octanol–water partition coefficient (Wildman–Crippen LogP) is 4.58. The molecule has 1 unspecified atom stereocenters. The van der Waals surface area contributed by atoms with Crippen LogP contribution in [0.15, 0.2) is 78.9 Å². The van der Waals surface area contributed by atoms with Gasteiger partial charge in [-0.3, -0.25) is 9.89 Å². The average molecular weight is 425 g/mol. The fraction of sp³-hybridized carbons (Fsp3) is 0.154. The average Bonchev–Trinajstić information content (AvgIpc) is 3.37. The Morgan fingerprint density at radius 1 is 1.00 bits per heavy atom. The van der Waals surface area contributed by atoms with Gasteiger partial charge in [0.15, 0.2) is 0 Å². The number of hydrogen-bond donors (Lipinski definition) is 2. The summed E-state index contributed by atoms with van der Waals surface area (Å²) in [5.74, 6) is 0.857. The molecule has 1 atom stereocenters. The van der Waals surface area contributed by atoms with Crippen molar-refractivity contribution in [1.29, 1.82) is 0 Å². The second-order valence-electron chi connectivity index (χ2n) is 7.79. The molecule has 1 aliphatic heterocycles. The van der Waals surface area contributed by atoms with E-state index in [1.54, 1.807) is 19.2 Å². The zero-order valence-electron chi connectivity index (χ0n) is 17.7. The Morgan fingerprint density at radius 2 is 1.72 bits per heavy atom. The highest BCUT2D eigenvalue weighted by molar-refractivity contribution is 6.00. The number of aromatic hydroxyl groups is 1. The third kappa shape index (κ3) is 3.39. The van der Waals surface area contributed by atoms with Gasteiger partial charge in [-0.2, -0.15) is 5.10 Å². The first kappa shape index (κ1) is 19.9. The molecule has 160 valence electrons. The number of carbonyl (C=O) groups is 1. The van der Waals surface area contributed by atoms with Gasteiger partial charge >= 0.3 is 0 Å². The molecule has 1 amide bonds. The molecule has 32 heavy (non-hydrogen) atoms. The number of phenolic OH excluding ortho intramolecular Hbond substituents is 1. The third-order valence-corrected chi connectivity index (χ3v) is 5.94. The smallest absolute Gasteiger partial charge is 0.273 e. The van der Waals surface area contributed by atoms with Crippen LogP contribution in [0.4, 0.5) is 0 Å². The van der Waals surface area contributed by atoms with Crippen LogP contribution in [0.2, 0.25) is 0 Å². The molecule has 4 aromatic rings. The molecule has 0 bridgehead atoms. The summed E-state index contributed by atoms with van der Waals surface area (Å²) in [4.78, 5) is 15.3. The lowest BCUT2D eigenvalue weighted by Crippen LogP contribution is -2.31. The number of aromatic amines is 1. The Kier molecular flexibility index (Phi) is 5.11. The number of nitrogens with one attached hydrogen (secondary N) is 1. The Bertz CT molecular complexity index is 1250. The molecule has 0 aliphatic carbocycles. The highest BCUT2D eigenvalue weighted by atomic mass is 16.5. The van der Waals surface area contributed by atoms with Gasteiger partial charge in [-0.25, -0.2) is 0 Å². The molecule has 0 spiro atoms. The first-order chi connectivity index (χ1) is 15.7. The standard InChI is InChI=1S/C26H23N3O3/c1-32-19-13-11-17(12-14-19)15-16-29-25(18-7-3-2-4-8-18)22-23(27-28-24(22)26(29)31)20-9-5-6-10-21(20)30/h2-14,25,30H,15-16H2,1H3,(H,27,28). The van der Waals surface area contributed by atoms with Gasteiger partial charge in [0.05, 0.1) is 13.2 Å². The van der Waals surface area contributed by atoms with Gasteiger partial charge in [0.25, 0.3) is 5.91 Å². The molecule has 0 saturated carbocycles. The highest BCUT2D eigenvalue weighted by Crippen LogP contribution is 2.44. The van der Waals surface area contributed by atoms with E-state index in [9.17, 15) is 9.90 Å². The maximum absolute atomic E-state index is 13.4. The van der Waals surface area contributed by atoms with Gasteiger partial charge in [0, 0.05) is 17.7 Å². The molecule has 2 heterocycles. The van der Waals surface area contributed by atoms with E-state index in [-0.39, 0.29) is 17.7 Å². The molecular formula is C26H23N3O3. The lowest BCUT2D eigenvalue weighted by Gasteiger charge is -2.26. The number of nitrogens with zero attached hydrogens (tertiary/aromatic N) is 2. The van der Waals surface area contributed by atoms with Crippen LogP contribution in [0.3, 0.4) is 0 Å². The number of phenols is 1. The Balaban J connectivity index is 1.53. The molecule has 1 aliphatic rings. The van der Waals surface area contributed by atoms with Crippen molar-refractivity contribution in [2.24, 2.45) is 0 Å². The van der Waals surface area contributed by atoms with Crippen molar-refractivity contribution in [2.45, 2.75) is 12.5 Å². The highest BCUT2D eigenvalue weighted by Gasteiger charge is 2.42. The lowest BCUT2D eigenvalue weighted by atomic mass is 9.95. The quantitative estimate of drug-likeness (QED) is 0.474. The second kappa shape index (κ2) is 8.23. The minimum Gasteiger partial charge on any atom is -0.507 e. The Hall–Kier alpha value is -4.06. The summed E-state index contributed by atoms with van der Waals surface area (Å²) in [6.07, 6.45) is 0.711. The van der Waals surface area contributed by atoms with Crippen molar-refractivity contribution in [1.82, 2.24) is 15.1 Å². The number of para-hydroxylation sites is 1. The molecule has 1 aromatic heterocycles. The molecule has 2 N–H and O–H groups in total. The molecular weight excluding hydrogens is 402 g/mol. The summed E-state index contributed by atoms with van der Waals surface area (Å²) in [6, 6.07) is 24.6. The molecule has 0 radical (unpaired) electrons. The number of fused-ring (bicyclic) bond motifs is 1. The first-order valence-corrected chi connectivity index (χ1v) is 10.5. The lowest BCUT2D eigenvalue weighted by molar-refractivity contribution is 0.0746. The van der Waals surface area contributed by atoms with Crippen LogP contribution in [0.1, 0.15) is 33.2 Å². The number of rotatable bonds is 6. The molecule has 6 nitrogen and oxygen atoms in total. The second-order valence-corrected chi connectivity index (χ2v) is 7.79. The number of aromatic nitrogens is 2. The maximum atomic E-state index is 13.4. The van der Waals surface area contributed by atoms with Crippen molar-refractivity contribution < 1.29 is 14.6 Å². The third-order valence-electron chi connectivity index (χ3n) is 5.94. The van der Waals surface area contributed by atoms with E-state index in [1.807, 2.05) is 71.6 Å². The van der Waals surface area contributed by atoms with E-state index < -0.39 is 0 Å². The van der Waals surface area contributed by atoms with E-state index in [4.69, 9.17) is 4.74 Å². The van der Waals surface area contributed by atoms with Crippen molar-refractivity contribution in [3.05, 3.63) is 101 Å². The zero-order chi connectivity index (χ0) is 22.1. The molecule has 0 fully saturated rings. The van der Waals surface area contributed by atoms with Crippen LogP contribution < -0.4 is 4.74 Å². The number of methoxy groups -OCH3 is 1. The summed E-state index contributed by atoms with van der Waals surface area (Å²) in [6.45, 7) is 0.549. The molecule has 3 aromatic carbocycles. The van der Waals surface area contributed by atoms with Crippen LogP contribution in [-0.2, 0) is 6.42 Å². The summed E-state index contributed by atoms with van der Waals surface area (Å²) < 4.78 is 5.24. The van der Waals surface area contributed by atoms with Crippen LogP contribution >= 0.6 is 0 Å². The fourth-order valence-corrected chi connectivity index (χ4v) is 4.33.